The maximum atomic E-state index is 12.7. The third kappa shape index (κ3) is 7.83. The van der Waals surface area contributed by atoms with E-state index in [1.54, 1.807) is 30.3 Å². The molecule has 0 heterocycles. The Balaban J connectivity index is 1.31. The third-order valence-electron chi connectivity index (χ3n) is 5.48. The number of anilines is 1. The third-order valence-corrected chi connectivity index (χ3v) is 6.00. The maximum absolute atomic E-state index is 12.7. The van der Waals surface area contributed by atoms with Crippen molar-refractivity contribution in [3.63, 3.8) is 0 Å². The zero-order chi connectivity index (χ0) is 26.0. The lowest BCUT2D eigenvalue weighted by Crippen LogP contribution is -2.13. The number of benzene rings is 4. The standard InChI is InChI=1S/C31H25BrN2O3/c1-22-3-2-4-25(17-22)21-37-29-13-7-23(8-14-29)18-26(19-33)31(35)34-28-11-15-30(16-12-28)36-20-24-5-9-27(32)10-6-24/h2-18H,20-21H2,1H3,(H,34,35)/b26-18+. The van der Waals surface area contributed by atoms with Crippen LogP contribution in [0.15, 0.2) is 107 Å². The molecule has 0 atom stereocenters. The van der Waals surface area contributed by atoms with E-state index in [-0.39, 0.29) is 5.57 Å². The van der Waals surface area contributed by atoms with Crippen LogP contribution in [-0.2, 0) is 18.0 Å². The summed E-state index contributed by atoms with van der Waals surface area (Å²) in [5.41, 5.74) is 4.63. The second-order valence-corrected chi connectivity index (χ2v) is 9.33. The van der Waals surface area contributed by atoms with Crippen molar-refractivity contribution in [3.05, 3.63) is 129 Å². The van der Waals surface area contributed by atoms with E-state index in [0.29, 0.717) is 30.4 Å². The molecule has 0 aromatic heterocycles. The van der Waals surface area contributed by atoms with Gasteiger partial charge in [-0.2, -0.15) is 5.26 Å². The van der Waals surface area contributed by atoms with Crippen molar-refractivity contribution in [3.8, 4) is 17.6 Å². The minimum Gasteiger partial charge on any atom is -0.489 e. The number of nitrogens with zero attached hydrogens (tertiary/aromatic N) is 1. The number of ether oxygens (including phenoxy) is 2. The summed E-state index contributed by atoms with van der Waals surface area (Å²) in [6.07, 6.45) is 1.55. The molecule has 184 valence electrons. The first kappa shape index (κ1) is 25.7. The van der Waals surface area contributed by atoms with Gasteiger partial charge in [-0.1, -0.05) is 70.0 Å². The molecule has 0 aliphatic rings. The van der Waals surface area contributed by atoms with E-state index in [2.05, 4.69) is 27.3 Å². The predicted molar refractivity (Wildman–Crippen MR) is 149 cm³/mol. The van der Waals surface area contributed by atoms with Crippen LogP contribution in [0.1, 0.15) is 22.3 Å². The van der Waals surface area contributed by atoms with Gasteiger partial charge < -0.3 is 14.8 Å². The van der Waals surface area contributed by atoms with Gasteiger partial charge >= 0.3 is 0 Å². The first-order valence-electron chi connectivity index (χ1n) is 11.7. The fourth-order valence-electron chi connectivity index (χ4n) is 3.52. The van der Waals surface area contributed by atoms with E-state index in [0.717, 1.165) is 21.2 Å². The Bertz CT molecular complexity index is 1420. The summed E-state index contributed by atoms with van der Waals surface area (Å²) in [6.45, 7) is 2.95. The van der Waals surface area contributed by atoms with Crippen LogP contribution in [0.2, 0.25) is 0 Å². The second-order valence-electron chi connectivity index (χ2n) is 8.41. The molecular weight excluding hydrogens is 528 g/mol. The maximum Gasteiger partial charge on any atom is 0.266 e. The van der Waals surface area contributed by atoms with E-state index in [4.69, 9.17) is 9.47 Å². The van der Waals surface area contributed by atoms with E-state index in [1.807, 2.05) is 79.7 Å². The Labute approximate surface area is 225 Å². The van der Waals surface area contributed by atoms with E-state index >= 15 is 0 Å². The van der Waals surface area contributed by atoms with Crippen LogP contribution in [0, 0.1) is 18.3 Å². The van der Waals surface area contributed by atoms with Gasteiger partial charge in [0, 0.05) is 10.2 Å². The first-order chi connectivity index (χ1) is 18.0. The molecule has 0 aliphatic heterocycles. The van der Waals surface area contributed by atoms with Crippen LogP contribution in [0.5, 0.6) is 11.5 Å². The number of halogens is 1. The second kappa shape index (κ2) is 12.6. The molecule has 0 unspecified atom stereocenters. The molecular formula is C31H25BrN2O3. The van der Waals surface area contributed by atoms with Crippen molar-refractivity contribution in [2.45, 2.75) is 20.1 Å². The highest BCUT2D eigenvalue weighted by Gasteiger charge is 2.10. The van der Waals surface area contributed by atoms with Crippen LogP contribution in [0.3, 0.4) is 0 Å². The Morgan fingerprint density at radius 2 is 1.49 bits per heavy atom. The van der Waals surface area contributed by atoms with Gasteiger partial charge in [0.25, 0.3) is 5.91 Å². The minimum absolute atomic E-state index is 0.00370. The highest BCUT2D eigenvalue weighted by Crippen LogP contribution is 2.20. The van der Waals surface area contributed by atoms with Crippen LogP contribution in [-0.4, -0.2) is 5.91 Å². The molecule has 4 aromatic rings. The van der Waals surface area contributed by atoms with E-state index < -0.39 is 5.91 Å². The lowest BCUT2D eigenvalue weighted by Gasteiger charge is -2.09. The van der Waals surface area contributed by atoms with Crippen LogP contribution in [0.25, 0.3) is 6.08 Å². The first-order valence-corrected chi connectivity index (χ1v) is 12.5. The topological polar surface area (TPSA) is 71.3 Å². The van der Waals surface area contributed by atoms with E-state index in [1.165, 1.54) is 5.56 Å². The molecule has 0 fully saturated rings. The van der Waals surface area contributed by atoms with Gasteiger partial charge in [-0.15, -0.1) is 0 Å². The molecule has 0 radical (unpaired) electrons. The summed E-state index contributed by atoms with van der Waals surface area (Å²) in [7, 11) is 0. The smallest absolute Gasteiger partial charge is 0.266 e. The molecule has 4 aromatic carbocycles. The fourth-order valence-corrected chi connectivity index (χ4v) is 3.79. The molecule has 0 saturated heterocycles. The van der Waals surface area contributed by atoms with Crippen molar-refractivity contribution in [2.24, 2.45) is 0 Å². The number of hydrogen-bond acceptors (Lipinski definition) is 4. The van der Waals surface area contributed by atoms with E-state index in [9.17, 15) is 10.1 Å². The predicted octanol–water partition coefficient (Wildman–Crippen LogP) is 7.46. The molecule has 0 saturated carbocycles. The Morgan fingerprint density at radius 3 is 2.11 bits per heavy atom. The molecule has 0 spiro atoms. The van der Waals surface area contributed by atoms with Gasteiger partial charge in [-0.3, -0.25) is 4.79 Å². The van der Waals surface area contributed by atoms with Gasteiger partial charge in [0.05, 0.1) is 0 Å². The van der Waals surface area contributed by atoms with Crippen LogP contribution in [0.4, 0.5) is 5.69 Å². The molecule has 0 aliphatic carbocycles. The average molecular weight is 553 g/mol. The van der Waals surface area contributed by atoms with Crippen molar-refractivity contribution in [1.82, 2.24) is 0 Å². The molecule has 5 nitrogen and oxygen atoms in total. The lowest BCUT2D eigenvalue weighted by atomic mass is 10.1. The number of hydrogen-bond donors (Lipinski definition) is 1. The molecule has 37 heavy (non-hydrogen) atoms. The zero-order valence-electron chi connectivity index (χ0n) is 20.3. The minimum atomic E-state index is -0.481. The molecule has 1 N–H and O–H groups in total. The normalized spacial score (nSPS) is 10.9. The number of carbonyl (C=O) groups is 1. The Hall–Kier alpha value is -4.34. The van der Waals surface area contributed by atoms with Gasteiger partial charge in [0.2, 0.25) is 0 Å². The zero-order valence-corrected chi connectivity index (χ0v) is 21.9. The monoisotopic (exact) mass is 552 g/mol. The number of amides is 1. The number of rotatable bonds is 9. The summed E-state index contributed by atoms with van der Waals surface area (Å²) >= 11 is 3.42. The summed E-state index contributed by atoms with van der Waals surface area (Å²) < 4.78 is 12.7. The Morgan fingerprint density at radius 1 is 0.865 bits per heavy atom. The highest BCUT2D eigenvalue weighted by molar-refractivity contribution is 9.10. The number of carbonyl (C=O) groups excluding carboxylic acids is 1. The average Bonchev–Trinajstić information content (AvgIpc) is 2.91. The van der Waals surface area contributed by atoms with Gasteiger partial charge in [-0.05, 0) is 78.2 Å². The quantitative estimate of drug-likeness (QED) is 0.173. The van der Waals surface area contributed by atoms with Crippen molar-refractivity contribution in [1.29, 1.82) is 5.26 Å². The number of nitrogens with one attached hydrogen (secondary N) is 1. The fraction of sp³-hybridized carbons (Fsp3) is 0.0968. The number of nitriles is 1. The van der Waals surface area contributed by atoms with Crippen LogP contribution < -0.4 is 14.8 Å². The van der Waals surface area contributed by atoms with Crippen molar-refractivity contribution in [2.75, 3.05) is 5.32 Å². The van der Waals surface area contributed by atoms with Gasteiger partial charge in [0.1, 0.15) is 36.4 Å². The largest absolute Gasteiger partial charge is 0.489 e. The molecule has 0 bridgehead atoms. The molecule has 4 rings (SSSR count). The summed E-state index contributed by atoms with van der Waals surface area (Å²) in [5.74, 6) is 0.913. The number of aryl methyl sites for hydroxylation is 1. The Kier molecular flexibility index (Phi) is 8.75. The van der Waals surface area contributed by atoms with Gasteiger partial charge in [0.15, 0.2) is 0 Å². The van der Waals surface area contributed by atoms with Crippen LogP contribution >= 0.6 is 15.9 Å². The summed E-state index contributed by atoms with van der Waals surface area (Å²) in [4.78, 5) is 12.7. The molecule has 6 heteroatoms. The summed E-state index contributed by atoms with van der Waals surface area (Å²) in [5, 5.41) is 12.3. The van der Waals surface area contributed by atoms with Crippen molar-refractivity contribution < 1.29 is 14.3 Å². The van der Waals surface area contributed by atoms with Crippen molar-refractivity contribution >= 4 is 33.6 Å². The molecule has 1 amide bonds. The summed E-state index contributed by atoms with van der Waals surface area (Å²) in [6, 6.07) is 32.3. The lowest BCUT2D eigenvalue weighted by molar-refractivity contribution is -0.112. The SMILES string of the molecule is Cc1cccc(COc2ccc(/C=C(\C#N)C(=O)Nc3ccc(OCc4ccc(Br)cc4)cc3)cc2)c1. The highest BCUT2D eigenvalue weighted by atomic mass is 79.9. The van der Waals surface area contributed by atoms with Gasteiger partial charge in [-0.25, -0.2) is 0 Å².